The summed E-state index contributed by atoms with van der Waals surface area (Å²) in [6.07, 6.45) is 4.80. The SMILES string of the molecule is O=C(CCCNc1ncccn1)N[C@@H]1CCS(=O)(=O)C1. The number of rotatable bonds is 6. The summed E-state index contributed by atoms with van der Waals surface area (Å²) in [7, 11) is -2.95. The highest BCUT2D eigenvalue weighted by Crippen LogP contribution is 2.11. The monoisotopic (exact) mass is 298 g/mol. The second-order valence-electron chi connectivity index (χ2n) is 4.77. The van der Waals surface area contributed by atoms with Crippen LogP contribution >= 0.6 is 0 Å². The molecule has 1 aromatic heterocycles. The van der Waals surface area contributed by atoms with Crippen molar-refractivity contribution in [3.63, 3.8) is 0 Å². The van der Waals surface area contributed by atoms with Gasteiger partial charge < -0.3 is 10.6 Å². The van der Waals surface area contributed by atoms with Gasteiger partial charge in [-0.1, -0.05) is 0 Å². The van der Waals surface area contributed by atoms with E-state index >= 15 is 0 Å². The zero-order valence-electron chi connectivity index (χ0n) is 11.1. The van der Waals surface area contributed by atoms with Gasteiger partial charge in [0, 0.05) is 31.4 Å². The Hall–Kier alpha value is -1.70. The number of carbonyl (C=O) groups is 1. The molecular formula is C12H18N4O3S. The van der Waals surface area contributed by atoms with Gasteiger partial charge in [0.15, 0.2) is 9.84 Å². The number of nitrogens with zero attached hydrogens (tertiary/aromatic N) is 2. The number of carbonyl (C=O) groups excluding carboxylic acids is 1. The quantitative estimate of drug-likeness (QED) is 0.715. The lowest BCUT2D eigenvalue weighted by Crippen LogP contribution is -2.35. The van der Waals surface area contributed by atoms with Gasteiger partial charge in [-0.25, -0.2) is 18.4 Å². The predicted octanol–water partition coefficient (Wildman–Crippen LogP) is -0.0280. The third-order valence-electron chi connectivity index (χ3n) is 3.03. The maximum absolute atomic E-state index is 11.7. The highest BCUT2D eigenvalue weighted by Gasteiger charge is 2.28. The van der Waals surface area contributed by atoms with E-state index in [1.807, 2.05) is 0 Å². The fourth-order valence-electron chi connectivity index (χ4n) is 2.05. The molecule has 1 amide bonds. The average Bonchev–Trinajstić information content (AvgIpc) is 2.75. The van der Waals surface area contributed by atoms with Gasteiger partial charge in [-0.05, 0) is 18.9 Å². The van der Waals surface area contributed by atoms with Crippen molar-refractivity contribution in [3.8, 4) is 0 Å². The Kier molecular flexibility index (Phi) is 4.89. The molecule has 8 heteroatoms. The van der Waals surface area contributed by atoms with Crippen molar-refractivity contribution in [2.45, 2.75) is 25.3 Å². The summed E-state index contributed by atoms with van der Waals surface area (Å²) < 4.78 is 22.5. The van der Waals surface area contributed by atoms with Crippen molar-refractivity contribution in [1.29, 1.82) is 0 Å². The molecule has 0 aromatic carbocycles. The van der Waals surface area contributed by atoms with Crippen molar-refractivity contribution in [1.82, 2.24) is 15.3 Å². The first kappa shape index (κ1) is 14.7. The fourth-order valence-corrected chi connectivity index (χ4v) is 3.72. The van der Waals surface area contributed by atoms with Crippen molar-refractivity contribution in [2.24, 2.45) is 0 Å². The van der Waals surface area contributed by atoms with Gasteiger partial charge in [0.25, 0.3) is 0 Å². The maximum Gasteiger partial charge on any atom is 0.222 e. The third kappa shape index (κ3) is 4.76. The first-order chi connectivity index (χ1) is 9.55. The minimum Gasteiger partial charge on any atom is -0.354 e. The first-order valence-electron chi connectivity index (χ1n) is 6.56. The summed E-state index contributed by atoms with van der Waals surface area (Å²) in [5.41, 5.74) is 0. The number of nitrogens with one attached hydrogen (secondary N) is 2. The van der Waals surface area contributed by atoms with Crippen LogP contribution in [0, 0.1) is 0 Å². The minimum atomic E-state index is -2.95. The number of anilines is 1. The summed E-state index contributed by atoms with van der Waals surface area (Å²) in [4.78, 5) is 19.7. The predicted molar refractivity (Wildman–Crippen MR) is 75.0 cm³/mol. The van der Waals surface area contributed by atoms with Gasteiger partial charge >= 0.3 is 0 Å². The molecule has 0 unspecified atom stereocenters. The molecule has 1 fully saturated rings. The molecule has 110 valence electrons. The molecule has 0 saturated carbocycles. The third-order valence-corrected chi connectivity index (χ3v) is 4.79. The van der Waals surface area contributed by atoms with Crippen LogP contribution < -0.4 is 10.6 Å². The van der Waals surface area contributed by atoms with Crippen molar-refractivity contribution in [3.05, 3.63) is 18.5 Å². The van der Waals surface area contributed by atoms with Crippen molar-refractivity contribution < 1.29 is 13.2 Å². The lowest BCUT2D eigenvalue weighted by Gasteiger charge is -2.10. The molecule has 0 aliphatic carbocycles. The summed E-state index contributed by atoms with van der Waals surface area (Å²) in [6, 6.07) is 1.51. The van der Waals surface area contributed by atoms with Gasteiger partial charge in [-0.3, -0.25) is 4.79 Å². The van der Waals surface area contributed by atoms with Gasteiger partial charge in [0.05, 0.1) is 11.5 Å². The Balaban J connectivity index is 1.61. The Morgan fingerprint density at radius 2 is 2.10 bits per heavy atom. The molecule has 2 rings (SSSR count). The van der Waals surface area contributed by atoms with E-state index in [1.165, 1.54) is 0 Å². The van der Waals surface area contributed by atoms with Crippen molar-refractivity contribution in [2.75, 3.05) is 23.4 Å². The van der Waals surface area contributed by atoms with E-state index in [0.29, 0.717) is 31.8 Å². The second-order valence-corrected chi connectivity index (χ2v) is 7.00. The van der Waals surface area contributed by atoms with Crippen LogP contribution in [0.5, 0.6) is 0 Å². The summed E-state index contributed by atoms with van der Waals surface area (Å²) in [5, 5.41) is 5.76. The lowest BCUT2D eigenvalue weighted by atomic mass is 10.2. The van der Waals surface area contributed by atoms with Crippen LogP contribution in [0.25, 0.3) is 0 Å². The van der Waals surface area contributed by atoms with Crippen LogP contribution in [0.15, 0.2) is 18.5 Å². The summed E-state index contributed by atoms with van der Waals surface area (Å²) >= 11 is 0. The normalized spacial score (nSPS) is 20.5. The number of amides is 1. The molecule has 0 spiro atoms. The van der Waals surface area contributed by atoms with E-state index in [4.69, 9.17) is 0 Å². The number of hydrogen-bond donors (Lipinski definition) is 2. The molecule has 0 radical (unpaired) electrons. The summed E-state index contributed by atoms with van der Waals surface area (Å²) in [5.74, 6) is 0.664. The van der Waals surface area contributed by atoms with Crippen LogP contribution in [0.3, 0.4) is 0 Å². The van der Waals surface area contributed by atoms with Crippen LogP contribution in [-0.4, -0.2) is 48.4 Å². The molecule has 2 N–H and O–H groups in total. The number of hydrogen-bond acceptors (Lipinski definition) is 6. The zero-order chi connectivity index (χ0) is 14.4. The van der Waals surface area contributed by atoms with Gasteiger partial charge in [-0.15, -0.1) is 0 Å². The molecule has 1 atom stereocenters. The van der Waals surface area contributed by atoms with E-state index in [9.17, 15) is 13.2 Å². The lowest BCUT2D eigenvalue weighted by molar-refractivity contribution is -0.121. The van der Waals surface area contributed by atoms with E-state index in [-0.39, 0.29) is 23.5 Å². The van der Waals surface area contributed by atoms with Crippen molar-refractivity contribution >= 4 is 21.7 Å². The molecule has 2 heterocycles. The van der Waals surface area contributed by atoms with Gasteiger partial charge in [-0.2, -0.15) is 0 Å². The van der Waals surface area contributed by atoms with Crippen LogP contribution in [0.1, 0.15) is 19.3 Å². The van der Waals surface area contributed by atoms with E-state index in [2.05, 4.69) is 20.6 Å². The highest BCUT2D eigenvalue weighted by molar-refractivity contribution is 7.91. The average molecular weight is 298 g/mol. The second kappa shape index (κ2) is 6.65. The van der Waals surface area contributed by atoms with Gasteiger partial charge in [0.2, 0.25) is 11.9 Å². The van der Waals surface area contributed by atoms with E-state index in [1.54, 1.807) is 18.5 Å². The van der Waals surface area contributed by atoms with Gasteiger partial charge in [0.1, 0.15) is 0 Å². The smallest absolute Gasteiger partial charge is 0.222 e. The maximum atomic E-state index is 11.7. The molecule has 1 saturated heterocycles. The standard InChI is InChI=1S/C12H18N4O3S/c17-11(16-10-4-8-20(18,19)9-10)3-1-5-13-12-14-6-2-7-15-12/h2,6-7,10H,1,3-5,8-9H2,(H,16,17)(H,13,14,15)/t10-/m1/s1. The molecule has 1 aliphatic rings. The Labute approximate surface area is 118 Å². The van der Waals surface area contributed by atoms with Crippen LogP contribution in [0.2, 0.25) is 0 Å². The van der Waals surface area contributed by atoms with E-state index in [0.717, 1.165) is 0 Å². The molecule has 20 heavy (non-hydrogen) atoms. The highest BCUT2D eigenvalue weighted by atomic mass is 32.2. The summed E-state index contributed by atoms with van der Waals surface area (Å²) in [6.45, 7) is 0.598. The largest absolute Gasteiger partial charge is 0.354 e. The Morgan fingerprint density at radius 3 is 2.75 bits per heavy atom. The molecule has 1 aromatic rings. The van der Waals surface area contributed by atoms with Crippen LogP contribution in [-0.2, 0) is 14.6 Å². The minimum absolute atomic E-state index is 0.0643. The Bertz CT molecular complexity index is 547. The number of aromatic nitrogens is 2. The fraction of sp³-hybridized carbons (Fsp3) is 0.583. The molecule has 1 aliphatic heterocycles. The molecule has 7 nitrogen and oxygen atoms in total. The van der Waals surface area contributed by atoms with Crippen LogP contribution in [0.4, 0.5) is 5.95 Å². The number of sulfone groups is 1. The topological polar surface area (TPSA) is 101 Å². The Morgan fingerprint density at radius 1 is 1.35 bits per heavy atom. The van der Waals surface area contributed by atoms with E-state index < -0.39 is 9.84 Å². The molecular weight excluding hydrogens is 280 g/mol. The first-order valence-corrected chi connectivity index (χ1v) is 8.38. The molecule has 0 bridgehead atoms. The zero-order valence-corrected chi connectivity index (χ0v) is 11.9.